The molecule has 1 aromatic carbocycles. The first-order valence-electron chi connectivity index (χ1n) is 9.50. The van der Waals surface area contributed by atoms with E-state index in [1.165, 1.54) is 11.8 Å². The second-order valence-electron chi connectivity index (χ2n) is 7.68. The molecule has 0 spiro atoms. The molecule has 3 heterocycles. The molecule has 2 aliphatic rings. The lowest BCUT2D eigenvalue weighted by Crippen LogP contribution is -2.38. The Bertz CT molecular complexity index is 967. The highest BCUT2D eigenvalue weighted by molar-refractivity contribution is 7.90. The summed E-state index contributed by atoms with van der Waals surface area (Å²) >= 11 is 0. The summed E-state index contributed by atoms with van der Waals surface area (Å²) in [7, 11) is -3.20. The van der Waals surface area contributed by atoms with Crippen LogP contribution in [0.5, 0.6) is 5.75 Å². The fourth-order valence-corrected chi connectivity index (χ4v) is 4.95. The quantitative estimate of drug-likeness (QED) is 0.720. The number of rotatable bonds is 5. The summed E-state index contributed by atoms with van der Waals surface area (Å²) in [6, 6.07) is 11.3. The average Bonchev–Trinajstić information content (AvgIpc) is 2.94. The number of benzene rings is 1. The summed E-state index contributed by atoms with van der Waals surface area (Å²) in [5, 5.41) is 9.29. The molecule has 0 saturated carbocycles. The molecule has 2 saturated heterocycles. The lowest BCUT2D eigenvalue weighted by atomic mass is 9.86. The van der Waals surface area contributed by atoms with Gasteiger partial charge in [-0.3, -0.25) is 4.98 Å². The first kappa shape index (κ1) is 18.8. The first-order valence-corrected chi connectivity index (χ1v) is 11.4. The van der Waals surface area contributed by atoms with Gasteiger partial charge in [0.2, 0.25) is 0 Å². The van der Waals surface area contributed by atoms with Crippen LogP contribution in [0.3, 0.4) is 0 Å². The molecule has 0 N–H and O–H groups in total. The molecule has 0 radical (unpaired) electrons. The van der Waals surface area contributed by atoms with Crippen molar-refractivity contribution in [1.29, 1.82) is 5.26 Å². The van der Waals surface area contributed by atoms with Crippen LogP contribution in [0.4, 0.5) is 0 Å². The smallest absolute Gasteiger partial charge is 0.179 e. The Balaban J connectivity index is 1.36. The van der Waals surface area contributed by atoms with Crippen LogP contribution in [0.1, 0.15) is 42.9 Å². The third kappa shape index (κ3) is 3.83. The number of sulfone groups is 1. The van der Waals surface area contributed by atoms with Gasteiger partial charge in [0.1, 0.15) is 12.4 Å². The number of hydrogen-bond acceptors (Lipinski definition) is 6. The van der Waals surface area contributed by atoms with Gasteiger partial charge < -0.3 is 9.64 Å². The van der Waals surface area contributed by atoms with Crippen LogP contribution in [0.2, 0.25) is 0 Å². The third-order valence-corrected chi connectivity index (χ3v) is 6.93. The van der Waals surface area contributed by atoms with E-state index in [0.29, 0.717) is 30.4 Å². The molecule has 2 unspecified atom stereocenters. The van der Waals surface area contributed by atoms with Gasteiger partial charge in [0.25, 0.3) is 0 Å². The lowest BCUT2D eigenvalue weighted by Gasteiger charge is -2.35. The van der Waals surface area contributed by atoms with Gasteiger partial charge in [-0.25, -0.2) is 8.42 Å². The van der Waals surface area contributed by atoms with Crippen molar-refractivity contribution >= 4 is 9.84 Å². The van der Waals surface area contributed by atoms with E-state index in [-0.39, 0.29) is 4.90 Å². The monoisotopic (exact) mass is 397 g/mol. The van der Waals surface area contributed by atoms with Gasteiger partial charge >= 0.3 is 0 Å². The van der Waals surface area contributed by atoms with E-state index in [4.69, 9.17) is 4.74 Å². The first-order chi connectivity index (χ1) is 13.4. The van der Waals surface area contributed by atoms with Gasteiger partial charge in [-0.15, -0.1) is 0 Å². The van der Waals surface area contributed by atoms with Crippen molar-refractivity contribution in [2.75, 3.05) is 6.26 Å². The van der Waals surface area contributed by atoms with Gasteiger partial charge in [0.15, 0.2) is 16.0 Å². The molecule has 2 aromatic rings. The fourth-order valence-electron chi connectivity index (χ4n) is 4.32. The second-order valence-corrected chi connectivity index (χ2v) is 9.69. The highest BCUT2D eigenvalue weighted by atomic mass is 32.2. The van der Waals surface area contributed by atoms with Crippen molar-refractivity contribution < 1.29 is 13.2 Å². The minimum absolute atomic E-state index is 0.277. The summed E-state index contributed by atoms with van der Waals surface area (Å²) in [5.74, 6) is 1.08. The summed E-state index contributed by atoms with van der Waals surface area (Å²) in [6.45, 7) is 0.330. The topological polar surface area (TPSA) is 83.3 Å². The maximum Gasteiger partial charge on any atom is 0.179 e. The lowest BCUT2D eigenvalue weighted by molar-refractivity contribution is 0.198. The van der Waals surface area contributed by atoms with Gasteiger partial charge in [0.05, 0.1) is 10.6 Å². The summed E-state index contributed by atoms with van der Waals surface area (Å²) in [5.41, 5.74) is 2.06. The van der Waals surface area contributed by atoms with Gasteiger partial charge in [-0.1, -0.05) is 6.07 Å². The predicted molar refractivity (Wildman–Crippen MR) is 104 cm³/mol. The molecule has 1 aromatic heterocycles. The number of aromatic nitrogens is 1. The number of nitriles is 1. The fraction of sp³-hybridized carbons (Fsp3) is 0.429. The maximum atomic E-state index is 11.5. The van der Waals surface area contributed by atoms with Crippen LogP contribution < -0.4 is 4.74 Å². The molecule has 2 fully saturated rings. The van der Waals surface area contributed by atoms with Crippen LogP contribution >= 0.6 is 0 Å². The van der Waals surface area contributed by atoms with Crippen LogP contribution in [0, 0.1) is 11.5 Å². The van der Waals surface area contributed by atoms with Gasteiger partial charge in [0, 0.05) is 24.5 Å². The van der Waals surface area contributed by atoms with E-state index >= 15 is 0 Å². The minimum atomic E-state index is -3.20. The molecule has 0 amide bonds. The third-order valence-electron chi connectivity index (χ3n) is 5.81. The largest absolute Gasteiger partial charge is 0.487 e. The Kier molecular flexibility index (Phi) is 4.98. The van der Waals surface area contributed by atoms with E-state index in [1.807, 2.05) is 17.2 Å². The molecule has 6 nitrogen and oxygen atoms in total. The minimum Gasteiger partial charge on any atom is -0.487 e. The molecule has 4 rings (SSSR count). The normalized spacial score (nSPS) is 24.0. The number of hydrogen-bond donors (Lipinski definition) is 0. The Morgan fingerprint density at radius 1 is 1.14 bits per heavy atom. The number of pyridine rings is 1. The molecule has 7 heteroatoms. The predicted octanol–water partition coefficient (Wildman–Crippen LogP) is 3.26. The highest BCUT2D eigenvalue weighted by Gasteiger charge is 2.40. The standard InChI is InChI=1S/C21H23N3O3S/c1-28(25,26)21-8-6-20(7-9-21)27-13-17-3-2-15(12-23-17)16-10-18-4-5-19(11-16)24(18)14-22/h2-3,6-9,12,16,18-19H,4-5,10-11,13H2,1H3. The molecule has 28 heavy (non-hydrogen) atoms. The zero-order chi connectivity index (χ0) is 19.7. The molecular weight excluding hydrogens is 374 g/mol. The van der Waals surface area contributed by atoms with Crippen LogP contribution in [-0.2, 0) is 16.4 Å². The van der Waals surface area contributed by atoms with Crippen molar-refractivity contribution in [2.45, 2.75) is 55.2 Å². The van der Waals surface area contributed by atoms with Crippen molar-refractivity contribution in [3.05, 3.63) is 53.9 Å². The Hall–Kier alpha value is -2.59. The number of fused-ring (bicyclic) bond motifs is 2. The molecular formula is C21H23N3O3S. The molecule has 2 aliphatic heterocycles. The number of piperidine rings is 1. The maximum absolute atomic E-state index is 11.5. The number of ether oxygens (including phenoxy) is 1. The Morgan fingerprint density at radius 3 is 2.36 bits per heavy atom. The summed E-state index contributed by atoms with van der Waals surface area (Å²) in [6.07, 6.45) is 9.75. The van der Waals surface area contributed by atoms with E-state index in [1.54, 1.807) is 24.3 Å². The van der Waals surface area contributed by atoms with Gasteiger partial charge in [-0.2, -0.15) is 5.26 Å². The van der Waals surface area contributed by atoms with Crippen LogP contribution in [-0.4, -0.2) is 36.6 Å². The highest BCUT2D eigenvalue weighted by Crippen LogP contribution is 2.42. The second kappa shape index (κ2) is 7.44. The van der Waals surface area contributed by atoms with E-state index in [2.05, 4.69) is 17.2 Å². The molecule has 0 aliphatic carbocycles. The average molecular weight is 398 g/mol. The van der Waals surface area contributed by atoms with Crippen molar-refractivity contribution in [3.63, 3.8) is 0 Å². The SMILES string of the molecule is CS(=O)(=O)c1ccc(OCc2ccc(C3CC4CCC(C3)N4C#N)cn2)cc1. The van der Waals surface area contributed by atoms with Gasteiger partial charge in [-0.05, 0) is 67.5 Å². The molecule has 146 valence electrons. The van der Waals surface area contributed by atoms with Crippen molar-refractivity contribution in [3.8, 4) is 11.9 Å². The number of nitrogens with zero attached hydrogens (tertiary/aromatic N) is 3. The van der Waals surface area contributed by atoms with E-state index in [9.17, 15) is 13.7 Å². The Labute approximate surface area is 165 Å². The van der Waals surface area contributed by atoms with Crippen LogP contribution in [0.15, 0.2) is 47.5 Å². The molecule has 2 bridgehead atoms. The summed E-state index contributed by atoms with van der Waals surface area (Å²) in [4.78, 5) is 6.80. The van der Waals surface area contributed by atoms with Crippen molar-refractivity contribution in [2.24, 2.45) is 0 Å². The van der Waals surface area contributed by atoms with Crippen LogP contribution in [0.25, 0.3) is 0 Å². The van der Waals surface area contributed by atoms with E-state index in [0.717, 1.165) is 31.4 Å². The molecule has 2 atom stereocenters. The summed E-state index contributed by atoms with van der Waals surface area (Å²) < 4.78 is 28.7. The zero-order valence-electron chi connectivity index (χ0n) is 15.8. The van der Waals surface area contributed by atoms with Crippen molar-refractivity contribution in [1.82, 2.24) is 9.88 Å². The Morgan fingerprint density at radius 2 is 1.82 bits per heavy atom. The zero-order valence-corrected chi connectivity index (χ0v) is 16.6. The van der Waals surface area contributed by atoms with E-state index < -0.39 is 9.84 Å².